The Balaban J connectivity index is 2.29. The molecule has 0 saturated carbocycles. The molecule has 0 saturated heterocycles. The molecule has 3 nitrogen and oxygen atoms in total. The first-order valence-electron chi connectivity index (χ1n) is 5.16. The molecule has 0 bridgehead atoms. The van der Waals surface area contributed by atoms with Crippen molar-refractivity contribution in [3.05, 3.63) is 47.5 Å². The molecule has 0 amide bonds. The first kappa shape index (κ1) is 11.0. The standard InChI is InChI=1S/C12H14ClN3/c1-2-7-16-11(8-15-12(16)14)9-5-3-4-6-10(9)13/h2-6,11H,1,7-8H2,(H2,14,15). The van der Waals surface area contributed by atoms with Crippen molar-refractivity contribution in [2.75, 3.05) is 13.1 Å². The number of nitrogens with zero attached hydrogens (tertiary/aromatic N) is 2. The molecule has 1 aromatic rings. The molecule has 1 aliphatic heterocycles. The number of nitrogens with two attached hydrogens (primary N) is 1. The Hall–Kier alpha value is -1.48. The van der Waals surface area contributed by atoms with Gasteiger partial charge in [-0.1, -0.05) is 35.9 Å². The summed E-state index contributed by atoms with van der Waals surface area (Å²) >= 11 is 6.17. The molecule has 1 aromatic carbocycles. The third-order valence-corrected chi connectivity index (χ3v) is 3.03. The highest BCUT2D eigenvalue weighted by atomic mass is 35.5. The number of halogens is 1. The SMILES string of the molecule is C=CCN1C(N)=NCC1c1ccccc1Cl. The maximum atomic E-state index is 6.17. The van der Waals surface area contributed by atoms with E-state index < -0.39 is 0 Å². The minimum Gasteiger partial charge on any atom is -0.370 e. The predicted octanol–water partition coefficient (Wildman–Crippen LogP) is 2.20. The molecule has 1 aliphatic rings. The molecule has 84 valence electrons. The molecule has 0 spiro atoms. The van der Waals surface area contributed by atoms with E-state index in [1.165, 1.54) is 0 Å². The van der Waals surface area contributed by atoms with Crippen LogP contribution >= 0.6 is 11.6 Å². The highest BCUT2D eigenvalue weighted by molar-refractivity contribution is 6.31. The fraction of sp³-hybridized carbons (Fsp3) is 0.250. The van der Waals surface area contributed by atoms with Gasteiger partial charge in [-0.15, -0.1) is 6.58 Å². The van der Waals surface area contributed by atoms with Crippen LogP contribution in [-0.4, -0.2) is 23.9 Å². The molecule has 1 atom stereocenters. The van der Waals surface area contributed by atoms with Gasteiger partial charge in [0.25, 0.3) is 0 Å². The Labute approximate surface area is 100 Å². The summed E-state index contributed by atoms with van der Waals surface area (Å²) < 4.78 is 0. The van der Waals surface area contributed by atoms with Gasteiger partial charge in [-0.25, -0.2) is 0 Å². The first-order chi connectivity index (χ1) is 7.74. The van der Waals surface area contributed by atoms with Crippen LogP contribution in [0.5, 0.6) is 0 Å². The Morgan fingerprint density at radius 2 is 2.31 bits per heavy atom. The normalized spacial score (nSPS) is 19.7. The summed E-state index contributed by atoms with van der Waals surface area (Å²) in [5, 5.41) is 0.756. The minimum absolute atomic E-state index is 0.131. The number of benzene rings is 1. The third-order valence-electron chi connectivity index (χ3n) is 2.69. The van der Waals surface area contributed by atoms with Gasteiger partial charge in [0.1, 0.15) is 0 Å². The van der Waals surface area contributed by atoms with E-state index in [0.717, 1.165) is 10.6 Å². The largest absolute Gasteiger partial charge is 0.370 e. The maximum Gasteiger partial charge on any atom is 0.192 e. The highest BCUT2D eigenvalue weighted by Crippen LogP contribution is 2.30. The van der Waals surface area contributed by atoms with Crippen molar-refractivity contribution in [1.82, 2.24) is 4.90 Å². The second kappa shape index (κ2) is 4.58. The number of guanidine groups is 1. The summed E-state index contributed by atoms with van der Waals surface area (Å²) in [6.07, 6.45) is 1.82. The molecule has 1 unspecified atom stereocenters. The molecule has 0 radical (unpaired) electrons. The number of aliphatic imine (C=N–C) groups is 1. The molecule has 2 rings (SSSR count). The van der Waals surface area contributed by atoms with Crippen LogP contribution in [0, 0.1) is 0 Å². The number of hydrogen-bond donors (Lipinski definition) is 1. The lowest BCUT2D eigenvalue weighted by Crippen LogP contribution is -2.36. The first-order valence-corrected chi connectivity index (χ1v) is 5.53. The van der Waals surface area contributed by atoms with E-state index in [2.05, 4.69) is 11.6 Å². The van der Waals surface area contributed by atoms with Crippen molar-refractivity contribution in [2.24, 2.45) is 10.7 Å². The average Bonchev–Trinajstić information content (AvgIpc) is 2.62. The van der Waals surface area contributed by atoms with E-state index in [4.69, 9.17) is 17.3 Å². The topological polar surface area (TPSA) is 41.6 Å². The number of hydrogen-bond acceptors (Lipinski definition) is 3. The van der Waals surface area contributed by atoms with E-state index in [-0.39, 0.29) is 6.04 Å². The van der Waals surface area contributed by atoms with Crippen LogP contribution in [0.15, 0.2) is 41.9 Å². The second-order valence-electron chi connectivity index (χ2n) is 3.68. The molecule has 2 N–H and O–H groups in total. The molecule has 1 heterocycles. The minimum atomic E-state index is 0.131. The van der Waals surface area contributed by atoms with Gasteiger partial charge >= 0.3 is 0 Å². The summed E-state index contributed by atoms with van der Waals surface area (Å²) in [6, 6.07) is 7.92. The van der Waals surface area contributed by atoms with Gasteiger partial charge in [0.2, 0.25) is 0 Å². The van der Waals surface area contributed by atoms with Gasteiger partial charge < -0.3 is 10.6 Å². The van der Waals surface area contributed by atoms with Crippen LogP contribution in [-0.2, 0) is 0 Å². The lowest BCUT2D eigenvalue weighted by atomic mass is 10.1. The van der Waals surface area contributed by atoms with E-state index in [0.29, 0.717) is 19.0 Å². The van der Waals surface area contributed by atoms with Crippen molar-refractivity contribution in [1.29, 1.82) is 0 Å². The number of rotatable bonds is 3. The monoisotopic (exact) mass is 235 g/mol. The van der Waals surface area contributed by atoms with Gasteiger partial charge in [-0.3, -0.25) is 4.99 Å². The quantitative estimate of drug-likeness (QED) is 0.817. The predicted molar refractivity (Wildman–Crippen MR) is 67.6 cm³/mol. The van der Waals surface area contributed by atoms with Gasteiger partial charge in [0.05, 0.1) is 12.6 Å². The van der Waals surface area contributed by atoms with Crippen LogP contribution in [0.4, 0.5) is 0 Å². The molecule has 0 aliphatic carbocycles. The fourth-order valence-corrected chi connectivity index (χ4v) is 2.16. The van der Waals surface area contributed by atoms with Gasteiger partial charge in [-0.05, 0) is 11.6 Å². The molecule has 16 heavy (non-hydrogen) atoms. The van der Waals surface area contributed by atoms with Gasteiger partial charge in [0, 0.05) is 11.6 Å². The van der Waals surface area contributed by atoms with Crippen molar-refractivity contribution in [3.8, 4) is 0 Å². The fourth-order valence-electron chi connectivity index (χ4n) is 1.90. The highest BCUT2D eigenvalue weighted by Gasteiger charge is 2.27. The molecular formula is C12H14ClN3. The van der Waals surface area contributed by atoms with Crippen molar-refractivity contribution >= 4 is 17.6 Å². The maximum absolute atomic E-state index is 6.17. The van der Waals surface area contributed by atoms with E-state index in [1.54, 1.807) is 0 Å². The van der Waals surface area contributed by atoms with Crippen LogP contribution in [0.25, 0.3) is 0 Å². The molecule has 4 heteroatoms. The lowest BCUT2D eigenvalue weighted by Gasteiger charge is -2.25. The molecule has 0 aromatic heterocycles. The van der Waals surface area contributed by atoms with E-state index in [9.17, 15) is 0 Å². The Kier molecular flexibility index (Phi) is 3.15. The summed E-state index contributed by atoms with van der Waals surface area (Å²) in [5.74, 6) is 0.560. The Bertz CT molecular complexity index is 428. The Morgan fingerprint density at radius 3 is 3.00 bits per heavy atom. The zero-order valence-corrected chi connectivity index (χ0v) is 9.69. The van der Waals surface area contributed by atoms with Crippen molar-refractivity contribution in [3.63, 3.8) is 0 Å². The second-order valence-corrected chi connectivity index (χ2v) is 4.08. The summed E-state index contributed by atoms with van der Waals surface area (Å²) in [7, 11) is 0. The zero-order valence-electron chi connectivity index (χ0n) is 8.94. The third kappa shape index (κ3) is 1.91. The summed E-state index contributed by atoms with van der Waals surface area (Å²) in [6.45, 7) is 5.07. The summed E-state index contributed by atoms with van der Waals surface area (Å²) in [4.78, 5) is 6.26. The van der Waals surface area contributed by atoms with E-state index in [1.807, 2.05) is 35.2 Å². The van der Waals surface area contributed by atoms with Crippen molar-refractivity contribution < 1.29 is 0 Å². The average molecular weight is 236 g/mol. The van der Waals surface area contributed by atoms with Crippen molar-refractivity contribution in [2.45, 2.75) is 6.04 Å². The Morgan fingerprint density at radius 1 is 1.56 bits per heavy atom. The van der Waals surface area contributed by atoms with Gasteiger partial charge in [0.15, 0.2) is 5.96 Å². The smallest absolute Gasteiger partial charge is 0.192 e. The van der Waals surface area contributed by atoms with Crippen LogP contribution < -0.4 is 5.73 Å². The lowest BCUT2D eigenvalue weighted by molar-refractivity contribution is 0.380. The van der Waals surface area contributed by atoms with Crippen LogP contribution in [0.2, 0.25) is 5.02 Å². The molecule has 0 fully saturated rings. The molecular weight excluding hydrogens is 222 g/mol. The summed E-state index contributed by atoms with van der Waals surface area (Å²) in [5.41, 5.74) is 6.89. The van der Waals surface area contributed by atoms with Gasteiger partial charge in [-0.2, -0.15) is 0 Å². The zero-order chi connectivity index (χ0) is 11.5. The van der Waals surface area contributed by atoms with Crippen LogP contribution in [0.3, 0.4) is 0 Å². The van der Waals surface area contributed by atoms with Crippen LogP contribution in [0.1, 0.15) is 11.6 Å². The van der Waals surface area contributed by atoms with E-state index >= 15 is 0 Å².